The van der Waals surface area contributed by atoms with Crippen molar-refractivity contribution in [2.75, 3.05) is 25.0 Å². The van der Waals surface area contributed by atoms with Gasteiger partial charge in [-0.15, -0.1) is 0 Å². The van der Waals surface area contributed by atoms with Crippen LogP contribution in [0, 0.1) is 6.92 Å². The van der Waals surface area contributed by atoms with Crippen LogP contribution in [0.2, 0.25) is 5.02 Å². The van der Waals surface area contributed by atoms with Gasteiger partial charge < -0.3 is 15.0 Å². The lowest BCUT2D eigenvalue weighted by Gasteiger charge is -2.22. The second kappa shape index (κ2) is 12.1. The molecule has 192 valence electrons. The Kier molecular flexibility index (Phi) is 9.15. The summed E-state index contributed by atoms with van der Waals surface area (Å²) >= 11 is 5.91. The Balaban J connectivity index is 1.76. The summed E-state index contributed by atoms with van der Waals surface area (Å²) in [4.78, 5) is 27.6. The first-order chi connectivity index (χ1) is 17.1. The average molecular weight is 511 g/mol. The first-order valence-electron chi connectivity index (χ1n) is 12.2. The number of benzene rings is 2. The highest BCUT2D eigenvalue weighted by Crippen LogP contribution is 2.27. The molecular formula is C28H35ClN4O3. The molecule has 36 heavy (non-hydrogen) atoms. The maximum Gasteiger partial charge on any atom is 0.260 e. The monoisotopic (exact) mass is 510 g/mol. The lowest BCUT2D eigenvalue weighted by Crippen LogP contribution is -2.41. The number of carbonyl (C=O) groups excluding carboxylic acids is 2. The average Bonchev–Trinajstić information content (AvgIpc) is 3.25. The van der Waals surface area contributed by atoms with Gasteiger partial charge in [-0.05, 0) is 49.2 Å². The van der Waals surface area contributed by atoms with Gasteiger partial charge in [0.05, 0.1) is 11.4 Å². The molecule has 0 aliphatic rings. The van der Waals surface area contributed by atoms with Crippen LogP contribution in [0.3, 0.4) is 0 Å². The molecule has 3 aromatic rings. The minimum atomic E-state index is -0.291. The molecule has 0 atom stereocenters. The number of aryl methyl sites for hydroxylation is 1. The number of hydrogen-bond acceptors (Lipinski definition) is 4. The highest BCUT2D eigenvalue weighted by atomic mass is 35.5. The van der Waals surface area contributed by atoms with Crippen LogP contribution in [0.25, 0.3) is 5.69 Å². The number of nitrogens with zero attached hydrogens (tertiary/aromatic N) is 3. The number of anilines is 1. The van der Waals surface area contributed by atoms with E-state index in [9.17, 15) is 9.59 Å². The Morgan fingerprint density at radius 3 is 2.44 bits per heavy atom. The molecule has 0 saturated heterocycles. The van der Waals surface area contributed by atoms with Crippen molar-refractivity contribution in [1.29, 1.82) is 0 Å². The predicted molar refractivity (Wildman–Crippen MR) is 144 cm³/mol. The van der Waals surface area contributed by atoms with Crippen molar-refractivity contribution in [3.8, 4) is 11.4 Å². The molecule has 0 unspecified atom stereocenters. The molecule has 3 rings (SSSR count). The van der Waals surface area contributed by atoms with E-state index in [1.807, 2.05) is 44.2 Å². The highest BCUT2D eigenvalue weighted by molar-refractivity contribution is 6.30. The van der Waals surface area contributed by atoms with Crippen LogP contribution in [0.1, 0.15) is 51.8 Å². The quantitative estimate of drug-likeness (QED) is 0.375. The third-order valence-corrected chi connectivity index (χ3v) is 5.99. The summed E-state index contributed by atoms with van der Waals surface area (Å²) in [6, 6.07) is 16.6. The molecule has 1 aromatic heterocycles. The van der Waals surface area contributed by atoms with Crippen molar-refractivity contribution < 1.29 is 14.3 Å². The summed E-state index contributed by atoms with van der Waals surface area (Å²) in [6.07, 6.45) is 1.69. The van der Waals surface area contributed by atoms with E-state index < -0.39 is 0 Å². The van der Waals surface area contributed by atoms with E-state index in [1.54, 1.807) is 28.9 Å². The molecule has 0 bridgehead atoms. The highest BCUT2D eigenvalue weighted by Gasteiger charge is 2.23. The van der Waals surface area contributed by atoms with Gasteiger partial charge in [0.25, 0.3) is 5.91 Å². The van der Waals surface area contributed by atoms with Gasteiger partial charge in [-0.2, -0.15) is 5.10 Å². The zero-order valence-electron chi connectivity index (χ0n) is 21.7. The molecular weight excluding hydrogens is 476 g/mol. The van der Waals surface area contributed by atoms with Gasteiger partial charge >= 0.3 is 0 Å². The summed E-state index contributed by atoms with van der Waals surface area (Å²) in [7, 11) is 0. The Hall–Kier alpha value is -3.32. The SMILES string of the molecule is CCCCN(CC(=O)Nc1cc(C(C)(C)C)nn1-c1ccccc1C)C(=O)COc1ccc(Cl)cc1. The number of aromatic nitrogens is 2. The number of unbranched alkanes of at least 4 members (excludes halogenated alkanes) is 1. The first-order valence-corrected chi connectivity index (χ1v) is 12.6. The summed E-state index contributed by atoms with van der Waals surface area (Å²) in [5, 5.41) is 8.37. The van der Waals surface area contributed by atoms with E-state index in [-0.39, 0.29) is 30.4 Å². The molecule has 2 aromatic carbocycles. The number of rotatable bonds is 10. The molecule has 7 nitrogen and oxygen atoms in total. The molecule has 0 saturated carbocycles. The minimum absolute atomic E-state index is 0.0768. The maximum absolute atomic E-state index is 13.1. The Bertz CT molecular complexity index is 1180. The Morgan fingerprint density at radius 2 is 1.81 bits per heavy atom. The molecule has 0 radical (unpaired) electrons. The summed E-state index contributed by atoms with van der Waals surface area (Å²) < 4.78 is 7.38. The third-order valence-electron chi connectivity index (χ3n) is 5.73. The molecule has 0 fully saturated rings. The minimum Gasteiger partial charge on any atom is -0.484 e. The smallest absolute Gasteiger partial charge is 0.260 e. The van der Waals surface area contributed by atoms with Crippen LogP contribution in [-0.2, 0) is 15.0 Å². The molecule has 0 aliphatic carbocycles. The standard InChI is InChI=1S/C28H35ClN4O3/c1-6-7-16-32(27(35)19-36-22-14-12-21(29)13-15-22)18-26(34)30-25-17-24(28(3,4)5)31-33(25)23-11-9-8-10-20(23)2/h8-15,17H,6-7,16,18-19H2,1-5H3,(H,30,34). The zero-order chi connectivity index (χ0) is 26.3. The number of para-hydroxylation sites is 1. The summed E-state index contributed by atoms with van der Waals surface area (Å²) in [5.74, 6) is 0.571. The lowest BCUT2D eigenvalue weighted by molar-refractivity contribution is -0.136. The normalized spacial score (nSPS) is 11.3. The second-order valence-electron chi connectivity index (χ2n) is 9.82. The number of hydrogen-bond donors (Lipinski definition) is 1. The van der Waals surface area contributed by atoms with Crippen LogP contribution in [0.5, 0.6) is 5.75 Å². The lowest BCUT2D eigenvalue weighted by atomic mass is 9.92. The summed E-state index contributed by atoms with van der Waals surface area (Å²) in [6.45, 7) is 10.5. The van der Waals surface area contributed by atoms with Gasteiger partial charge in [0.2, 0.25) is 5.91 Å². The van der Waals surface area contributed by atoms with Gasteiger partial charge in [-0.3, -0.25) is 9.59 Å². The fourth-order valence-electron chi connectivity index (χ4n) is 3.59. The van der Waals surface area contributed by atoms with E-state index in [0.717, 1.165) is 29.8 Å². The van der Waals surface area contributed by atoms with E-state index in [2.05, 4.69) is 26.1 Å². The van der Waals surface area contributed by atoms with Crippen molar-refractivity contribution in [3.63, 3.8) is 0 Å². The van der Waals surface area contributed by atoms with Crippen molar-refractivity contribution in [2.24, 2.45) is 0 Å². The van der Waals surface area contributed by atoms with E-state index in [4.69, 9.17) is 21.4 Å². The molecule has 2 amide bonds. The van der Waals surface area contributed by atoms with Crippen molar-refractivity contribution in [2.45, 2.75) is 52.9 Å². The predicted octanol–water partition coefficient (Wildman–Crippen LogP) is 5.78. The van der Waals surface area contributed by atoms with Gasteiger partial charge in [0.1, 0.15) is 18.1 Å². The van der Waals surface area contributed by atoms with Crippen LogP contribution >= 0.6 is 11.6 Å². The molecule has 1 heterocycles. The van der Waals surface area contributed by atoms with E-state index in [1.165, 1.54) is 4.90 Å². The van der Waals surface area contributed by atoms with Crippen LogP contribution in [0.15, 0.2) is 54.6 Å². The van der Waals surface area contributed by atoms with Gasteiger partial charge in [0.15, 0.2) is 6.61 Å². The summed E-state index contributed by atoms with van der Waals surface area (Å²) in [5.41, 5.74) is 2.58. The van der Waals surface area contributed by atoms with Gasteiger partial charge in [-0.1, -0.05) is 63.9 Å². The van der Waals surface area contributed by atoms with Crippen LogP contribution < -0.4 is 10.1 Å². The number of amides is 2. The number of nitrogens with one attached hydrogen (secondary N) is 1. The molecule has 8 heteroatoms. The van der Waals surface area contributed by atoms with E-state index in [0.29, 0.717) is 23.1 Å². The number of carbonyl (C=O) groups is 2. The Labute approximate surface area is 218 Å². The fourth-order valence-corrected chi connectivity index (χ4v) is 3.71. The van der Waals surface area contributed by atoms with Gasteiger partial charge in [0, 0.05) is 23.0 Å². The van der Waals surface area contributed by atoms with Crippen molar-refractivity contribution in [3.05, 3.63) is 70.9 Å². The molecule has 1 N–H and O–H groups in total. The largest absolute Gasteiger partial charge is 0.484 e. The maximum atomic E-state index is 13.1. The Morgan fingerprint density at radius 1 is 1.11 bits per heavy atom. The first kappa shape index (κ1) is 27.3. The van der Waals surface area contributed by atoms with Crippen LogP contribution in [-0.4, -0.2) is 46.2 Å². The van der Waals surface area contributed by atoms with Crippen LogP contribution in [0.4, 0.5) is 5.82 Å². The fraction of sp³-hybridized carbons (Fsp3) is 0.393. The molecule has 0 spiro atoms. The van der Waals surface area contributed by atoms with Gasteiger partial charge in [-0.25, -0.2) is 4.68 Å². The topological polar surface area (TPSA) is 76.5 Å². The van der Waals surface area contributed by atoms with E-state index >= 15 is 0 Å². The third kappa shape index (κ3) is 7.34. The number of ether oxygens (including phenoxy) is 1. The zero-order valence-corrected chi connectivity index (χ0v) is 22.4. The second-order valence-corrected chi connectivity index (χ2v) is 10.3. The number of halogens is 1. The molecule has 0 aliphatic heterocycles. The van der Waals surface area contributed by atoms with Crippen molar-refractivity contribution in [1.82, 2.24) is 14.7 Å². The van der Waals surface area contributed by atoms with Crippen molar-refractivity contribution >= 4 is 29.2 Å².